The molecule has 0 bridgehead atoms. The second-order valence-electron chi connectivity index (χ2n) is 8.42. The lowest BCUT2D eigenvalue weighted by Gasteiger charge is -2.42. The average molecular weight is 374 g/mol. The number of nitrogens with one attached hydrogen (secondary N) is 2. The Kier molecular flexibility index (Phi) is 5.48. The maximum absolute atomic E-state index is 12.6. The molecule has 0 aromatic carbocycles. The van der Waals surface area contributed by atoms with Crippen LogP contribution in [0.3, 0.4) is 0 Å². The van der Waals surface area contributed by atoms with Gasteiger partial charge in [-0.3, -0.25) is 19.6 Å². The number of H-pyrrole nitrogens is 1. The summed E-state index contributed by atoms with van der Waals surface area (Å²) in [7, 11) is 0. The molecule has 3 heterocycles. The smallest absolute Gasteiger partial charge is 0.225 e. The molecule has 2 aliphatic heterocycles. The van der Waals surface area contributed by atoms with Crippen molar-refractivity contribution in [1.82, 2.24) is 25.3 Å². The first-order valence-electron chi connectivity index (χ1n) is 10.4. The van der Waals surface area contributed by atoms with Crippen molar-refractivity contribution in [1.29, 1.82) is 0 Å². The third kappa shape index (κ3) is 4.51. The molecule has 1 unspecified atom stereocenters. The molecule has 1 aromatic heterocycles. The number of carbonyl (C=O) groups excluding carboxylic acids is 2. The lowest BCUT2D eigenvalue weighted by atomic mass is 9.93. The normalized spacial score (nSPS) is 24.8. The highest BCUT2D eigenvalue weighted by molar-refractivity contribution is 5.81. The predicted molar refractivity (Wildman–Crippen MR) is 102 cm³/mol. The Morgan fingerprint density at radius 3 is 2.59 bits per heavy atom. The van der Waals surface area contributed by atoms with E-state index in [2.05, 4.69) is 25.3 Å². The van der Waals surface area contributed by atoms with Gasteiger partial charge in [0.25, 0.3) is 0 Å². The van der Waals surface area contributed by atoms with Gasteiger partial charge in [0, 0.05) is 37.3 Å². The first-order chi connectivity index (χ1) is 13.1. The van der Waals surface area contributed by atoms with E-state index in [1.807, 2.05) is 13.0 Å². The van der Waals surface area contributed by atoms with Crippen LogP contribution in [0.1, 0.15) is 49.9 Å². The molecule has 7 heteroatoms. The Morgan fingerprint density at radius 1 is 1.15 bits per heavy atom. The number of carbonyl (C=O) groups is 2. The van der Waals surface area contributed by atoms with E-state index in [1.165, 1.54) is 0 Å². The minimum Gasteiger partial charge on any atom is -0.350 e. The number of hydrogen-bond donors (Lipinski definition) is 2. The molecule has 3 fully saturated rings. The molecular formula is C20H31N5O2. The molecule has 2 amide bonds. The van der Waals surface area contributed by atoms with Crippen LogP contribution in [0.15, 0.2) is 6.07 Å². The Hall–Kier alpha value is -1.89. The van der Waals surface area contributed by atoms with Crippen LogP contribution in [-0.4, -0.2) is 64.0 Å². The Morgan fingerprint density at radius 2 is 1.93 bits per heavy atom. The van der Waals surface area contributed by atoms with Gasteiger partial charge in [-0.05, 0) is 58.1 Å². The summed E-state index contributed by atoms with van der Waals surface area (Å²) < 4.78 is 0. The summed E-state index contributed by atoms with van der Waals surface area (Å²) in [6.07, 6.45) is 6.28. The first-order valence-corrected chi connectivity index (χ1v) is 10.4. The van der Waals surface area contributed by atoms with Crippen LogP contribution in [0, 0.1) is 18.8 Å². The molecule has 2 saturated heterocycles. The third-order valence-corrected chi connectivity index (χ3v) is 6.25. The van der Waals surface area contributed by atoms with Gasteiger partial charge >= 0.3 is 0 Å². The largest absolute Gasteiger partial charge is 0.350 e. The summed E-state index contributed by atoms with van der Waals surface area (Å²) in [5, 5.41) is 10.1. The molecular weight excluding hydrogens is 342 g/mol. The Labute approximate surface area is 160 Å². The van der Waals surface area contributed by atoms with E-state index in [0.29, 0.717) is 24.4 Å². The summed E-state index contributed by atoms with van der Waals surface area (Å²) in [5.41, 5.74) is 1.89. The molecule has 3 aliphatic rings. The third-order valence-electron chi connectivity index (χ3n) is 6.25. The topological polar surface area (TPSA) is 81.3 Å². The zero-order valence-electron chi connectivity index (χ0n) is 16.2. The lowest BCUT2D eigenvalue weighted by molar-refractivity contribution is -0.134. The van der Waals surface area contributed by atoms with E-state index < -0.39 is 0 Å². The molecule has 0 radical (unpaired) electrons. The van der Waals surface area contributed by atoms with Crippen molar-refractivity contribution in [3.05, 3.63) is 17.5 Å². The lowest BCUT2D eigenvalue weighted by Crippen LogP contribution is -2.51. The molecule has 4 rings (SSSR count). The van der Waals surface area contributed by atoms with Gasteiger partial charge in [0.2, 0.25) is 11.8 Å². The Bertz CT molecular complexity index is 676. The monoisotopic (exact) mass is 373 g/mol. The van der Waals surface area contributed by atoms with Gasteiger partial charge in [-0.25, -0.2) is 0 Å². The van der Waals surface area contributed by atoms with E-state index in [0.717, 1.165) is 76.1 Å². The fraction of sp³-hybridized carbons (Fsp3) is 0.750. The summed E-state index contributed by atoms with van der Waals surface area (Å²) in [6.45, 7) is 6.12. The highest BCUT2D eigenvalue weighted by atomic mass is 16.2. The van der Waals surface area contributed by atoms with Crippen molar-refractivity contribution >= 4 is 11.8 Å². The van der Waals surface area contributed by atoms with Crippen LogP contribution in [0.2, 0.25) is 0 Å². The summed E-state index contributed by atoms with van der Waals surface area (Å²) in [5.74, 6) is 0.896. The number of piperidine rings is 2. The van der Waals surface area contributed by atoms with E-state index >= 15 is 0 Å². The van der Waals surface area contributed by atoms with E-state index in [4.69, 9.17) is 0 Å². The molecule has 1 aliphatic carbocycles. The zero-order valence-corrected chi connectivity index (χ0v) is 16.2. The minimum atomic E-state index is 0.0601. The second-order valence-corrected chi connectivity index (χ2v) is 8.42. The average Bonchev–Trinajstić information content (AvgIpc) is 3.47. The van der Waals surface area contributed by atoms with Crippen molar-refractivity contribution in [2.75, 3.05) is 26.2 Å². The van der Waals surface area contributed by atoms with Crippen LogP contribution < -0.4 is 5.32 Å². The quantitative estimate of drug-likeness (QED) is 0.818. The second kappa shape index (κ2) is 8.00. The fourth-order valence-corrected chi connectivity index (χ4v) is 4.48. The van der Waals surface area contributed by atoms with Gasteiger partial charge in [-0.15, -0.1) is 0 Å². The molecule has 7 nitrogen and oxygen atoms in total. The van der Waals surface area contributed by atoms with Gasteiger partial charge in [0.15, 0.2) is 0 Å². The van der Waals surface area contributed by atoms with E-state index in [-0.39, 0.29) is 11.8 Å². The Balaban J connectivity index is 1.24. The van der Waals surface area contributed by atoms with Crippen molar-refractivity contribution in [3.8, 4) is 0 Å². The number of aryl methyl sites for hydroxylation is 1. The van der Waals surface area contributed by atoms with Gasteiger partial charge in [0.05, 0.1) is 18.2 Å². The number of rotatable bonds is 5. The van der Waals surface area contributed by atoms with Crippen LogP contribution in [0.5, 0.6) is 0 Å². The summed E-state index contributed by atoms with van der Waals surface area (Å²) >= 11 is 0. The number of hydrogen-bond acceptors (Lipinski definition) is 4. The van der Waals surface area contributed by atoms with Crippen molar-refractivity contribution < 1.29 is 9.59 Å². The van der Waals surface area contributed by atoms with Gasteiger partial charge < -0.3 is 10.2 Å². The van der Waals surface area contributed by atoms with Crippen molar-refractivity contribution in [2.45, 2.75) is 58.0 Å². The van der Waals surface area contributed by atoms with Gasteiger partial charge in [-0.1, -0.05) is 0 Å². The SMILES string of the molecule is Cc1cc(CNC(=O)C2CCCN(C3CCN(C(=O)C4CC4)CC3)C2)n[nH]1. The highest BCUT2D eigenvalue weighted by Crippen LogP contribution is 2.32. The maximum atomic E-state index is 12.6. The maximum Gasteiger partial charge on any atom is 0.225 e. The molecule has 0 spiro atoms. The fourth-order valence-electron chi connectivity index (χ4n) is 4.48. The van der Waals surface area contributed by atoms with Crippen molar-refractivity contribution in [3.63, 3.8) is 0 Å². The summed E-state index contributed by atoms with van der Waals surface area (Å²) in [6, 6.07) is 2.47. The number of aromatic amines is 1. The number of amides is 2. The highest BCUT2D eigenvalue weighted by Gasteiger charge is 2.37. The summed E-state index contributed by atoms with van der Waals surface area (Å²) in [4.78, 5) is 29.4. The van der Waals surface area contributed by atoms with Gasteiger partial charge in [0.1, 0.15) is 0 Å². The predicted octanol–water partition coefficient (Wildman–Crippen LogP) is 1.45. The van der Waals surface area contributed by atoms with Crippen LogP contribution in [0.25, 0.3) is 0 Å². The number of likely N-dealkylation sites (tertiary alicyclic amines) is 2. The minimum absolute atomic E-state index is 0.0601. The van der Waals surface area contributed by atoms with Crippen LogP contribution in [-0.2, 0) is 16.1 Å². The first kappa shape index (κ1) is 18.5. The number of nitrogens with zero attached hydrogens (tertiary/aromatic N) is 3. The molecule has 27 heavy (non-hydrogen) atoms. The van der Waals surface area contributed by atoms with Crippen LogP contribution >= 0.6 is 0 Å². The molecule has 1 saturated carbocycles. The standard InChI is InChI=1S/C20H31N5O2/c1-14-11-17(23-22-14)12-21-19(26)16-3-2-8-25(13-16)18-6-9-24(10-7-18)20(27)15-4-5-15/h11,15-16,18H,2-10,12-13H2,1H3,(H,21,26)(H,22,23). The molecule has 148 valence electrons. The molecule has 1 atom stereocenters. The number of aromatic nitrogens is 2. The van der Waals surface area contributed by atoms with Crippen molar-refractivity contribution in [2.24, 2.45) is 11.8 Å². The van der Waals surface area contributed by atoms with Crippen LogP contribution in [0.4, 0.5) is 0 Å². The van der Waals surface area contributed by atoms with E-state index in [1.54, 1.807) is 0 Å². The molecule has 1 aromatic rings. The van der Waals surface area contributed by atoms with Gasteiger partial charge in [-0.2, -0.15) is 5.10 Å². The molecule has 2 N–H and O–H groups in total. The van der Waals surface area contributed by atoms with E-state index in [9.17, 15) is 9.59 Å². The zero-order chi connectivity index (χ0) is 18.8.